The number of nitrogens with zero attached hydrogens (tertiary/aromatic N) is 1. The van der Waals surface area contributed by atoms with Crippen molar-refractivity contribution >= 4 is 0 Å². The van der Waals surface area contributed by atoms with Gasteiger partial charge in [-0.2, -0.15) is 0 Å². The van der Waals surface area contributed by atoms with E-state index in [9.17, 15) is 0 Å². The molecule has 1 aromatic rings. The van der Waals surface area contributed by atoms with E-state index in [4.69, 9.17) is 4.74 Å². The molecule has 0 aromatic carbocycles. The zero-order chi connectivity index (χ0) is 15.5. The van der Waals surface area contributed by atoms with Crippen LogP contribution >= 0.6 is 0 Å². The first-order chi connectivity index (χ1) is 10.2. The molecule has 0 radical (unpaired) electrons. The van der Waals surface area contributed by atoms with E-state index in [1.54, 1.807) is 0 Å². The van der Waals surface area contributed by atoms with Crippen molar-refractivity contribution in [1.29, 1.82) is 0 Å². The summed E-state index contributed by atoms with van der Waals surface area (Å²) in [6.45, 7) is 12.7. The third-order valence-corrected chi connectivity index (χ3v) is 3.73. The summed E-state index contributed by atoms with van der Waals surface area (Å²) >= 11 is 0. The second-order valence-electron chi connectivity index (χ2n) is 6.27. The van der Waals surface area contributed by atoms with E-state index in [2.05, 4.69) is 56.0 Å². The average molecular weight is 294 g/mol. The van der Waals surface area contributed by atoms with Gasteiger partial charge in [-0.1, -0.05) is 34.1 Å². The van der Waals surface area contributed by atoms with Crippen LogP contribution in [0, 0.1) is 5.92 Å². The van der Waals surface area contributed by atoms with Gasteiger partial charge in [0.2, 0.25) is 0 Å². The van der Waals surface area contributed by atoms with Crippen LogP contribution in [0.1, 0.15) is 65.0 Å². The highest BCUT2D eigenvalue weighted by Gasteiger charge is 2.10. The van der Waals surface area contributed by atoms with Crippen LogP contribution in [0.15, 0.2) is 18.5 Å². The Morgan fingerprint density at radius 1 is 1.14 bits per heavy atom. The summed E-state index contributed by atoms with van der Waals surface area (Å²) in [6, 6.07) is 2.75. The van der Waals surface area contributed by atoms with Crippen LogP contribution in [-0.2, 0) is 11.3 Å². The molecule has 0 amide bonds. The Morgan fingerprint density at radius 2 is 1.95 bits per heavy atom. The maximum Gasteiger partial charge on any atom is 0.0645 e. The molecule has 0 spiro atoms. The Hall–Kier alpha value is -0.800. The van der Waals surface area contributed by atoms with E-state index in [1.807, 2.05) is 0 Å². The fourth-order valence-corrected chi connectivity index (χ4v) is 2.39. The van der Waals surface area contributed by atoms with Crippen molar-refractivity contribution in [3.8, 4) is 0 Å². The molecule has 0 aliphatic heterocycles. The Labute approximate surface area is 131 Å². The Kier molecular flexibility index (Phi) is 9.44. The number of ether oxygens (including phenoxy) is 1. The maximum atomic E-state index is 5.69. The molecule has 1 N–H and O–H groups in total. The van der Waals surface area contributed by atoms with Gasteiger partial charge in [-0.3, -0.25) is 0 Å². The summed E-state index contributed by atoms with van der Waals surface area (Å²) in [5.74, 6) is 0.725. The zero-order valence-corrected chi connectivity index (χ0v) is 14.4. The fourth-order valence-electron chi connectivity index (χ4n) is 2.39. The minimum atomic E-state index is 0.498. The normalized spacial score (nSPS) is 13.0. The molecule has 0 saturated carbocycles. The number of hydrogen-bond donors (Lipinski definition) is 1. The third-order valence-electron chi connectivity index (χ3n) is 3.73. The quantitative estimate of drug-likeness (QED) is 0.579. The standard InChI is InChI=1S/C18H34N2O/c1-5-7-18(19-10-6-2)17-8-11-20(15-17)12-14-21-13-9-16(3)4/h8,11,15-16,18-19H,5-7,9-10,12-14H2,1-4H3. The molecule has 0 fully saturated rings. The molecule has 21 heavy (non-hydrogen) atoms. The minimum absolute atomic E-state index is 0.498. The van der Waals surface area contributed by atoms with Crippen LogP contribution in [0.25, 0.3) is 0 Å². The lowest BCUT2D eigenvalue weighted by molar-refractivity contribution is 0.116. The van der Waals surface area contributed by atoms with Gasteiger partial charge in [0.1, 0.15) is 0 Å². The number of nitrogens with one attached hydrogen (secondary N) is 1. The van der Waals surface area contributed by atoms with Gasteiger partial charge >= 0.3 is 0 Å². The molecule has 1 atom stereocenters. The van der Waals surface area contributed by atoms with Crippen LogP contribution in [0.4, 0.5) is 0 Å². The molecule has 1 unspecified atom stereocenters. The third kappa shape index (κ3) is 7.68. The van der Waals surface area contributed by atoms with Crippen LogP contribution in [0.2, 0.25) is 0 Å². The summed E-state index contributed by atoms with van der Waals surface area (Å²) < 4.78 is 7.95. The van der Waals surface area contributed by atoms with Crippen molar-refractivity contribution in [3.05, 3.63) is 24.0 Å². The van der Waals surface area contributed by atoms with Crippen LogP contribution < -0.4 is 5.32 Å². The summed E-state index contributed by atoms with van der Waals surface area (Å²) in [5, 5.41) is 3.64. The molecule has 1 aromatic heterocycles. The van der Waals surface area contributed by atoms with Gasteiger partial charge in [-0.05, 0) is 43.4 Å². The van der Waals surface area contributed by atoms with Gasteiger partial charge in [0.15, 0.2) is 0 Å². The van der Waals surface area contributed by atoms with Crippen LogP contribution in [0.3, 0.4) is 0 Å². The van der Waals surface area contributed by atoms with E-state index in [0.29, 0.717) is 6.04 Å². The van der Waals surface area contributed by atoms with Crippen LogP contribution in [0.5, 0.6) is 0 Å². The fraction of sp³-hybridized carbons (Fsp3) is 0.778. The molecule has 1 heterocycles. The molecule has 122 valence electrons. The predicted molar refractivity (Wildman–Crippen MR) is 90.6 cm³/mol. The SMILES string of the molecule is CCCNC(CCC)c1ccn(CCOCCC(C)C)c1. The van der Waals surface area contributed by atoms with Crippen molar-refractivity contribution in [2.45, 2.75) is 66.0 Å². The van der Waals surface area contributed by atoms with Crippen molar-refractivity contribution in [2.75, 3.05) is 19.8 Å². The Morgan fingerprint density at radius 3 is 2.62 bits per heavy atom. The topological polar surface area (TPSA) is 26.2 Å². The molecule has 3 heteroatoms. The maximum absolute atomic E-state index is 5.69. The van der Waals surface area contributed by atoms with E-state index in [-0.39, 0.29) is 0 Å². The molecule has 0 saturated heterocycles. The van der Waals surface area contributed by atoms with Gasteiger partial charge in [-0.15, -0.1) is 0 Å². The number of rotatable bonds is 12. The highest BCUT2D eigenvalue weighted by atomic mass is 16.5. The first-order valence-corrected chi connectivity index (χ1v) is 8.64. The van der Waals surface area contributed by atoms with E-state index in [0.717, 1.165) is 38.6 Å². The average Bonchev–Trinajstić information content (AvgIpc) is 2.91. The second-order valence-corrected chi connectivity index (χ2v) is 6.27. The van der Waals surface area contributed by atoms with Gasteiger partial charge in [0.25, 0.3) is 0 Å². The molecule has 0 aliphatic rings. The second kappa shape index (κ2) is 10.9. The molecule has 3 nitrogen and oxygen atoms in total. The lowest BCUT2D eigenvalue weighted by Crippen LogP contribution is -2.21. The zero-order valence-electron chi connectivity index (χ0n) is 14.4. The van der Waals surface area contributed by atoms with E-state index >= 15 is 0 Å². The van der Waals surface area contributed by atoms with E-state index < -0.39 is 0 Å². The first-order valence-electron chi connectivity index (χ1n) is 8.64. The lowest BCUT2D eigenvalue weighted by atomic mass is 10.1. The van der Waals surface area contributed by atoms with E-state index in [1.165, 1.54) is 24.8 Å². The molecule has 0 aliphatic carbocycles. The summed E-state index contributed by atoms with van der Waals surface area (Å²) in [4.78, 5) is 0. The predicted octanol–water partition coefficient (Wildman–Crippen LogP) is 4.39. The number of hydrogen-bond acceptors (Lipinski definition) is 2. The number of aromatic nitrogens is 1. The smallest absolute Gasteiger partial charge is 0.0645 e. The lowest BCUT2D eigenvalue weighted by Gasteiger charge is -2.16. The minimum Gasteiger partial charge on any atom is -0.380 e. The summed E-state index contributed by atoms with van der Waals surface area (Å²) in [5.41, 5.74) is 1.41. The Balaban J connectivity index is 2.36. The summed E-state index contributed by atoms with van der Waals surface area (Å²) in [7, 11) is 0. The highest BCUT2D eigenvalue weighted by molar-refractivity contribution is 5.15. The van der Waals surface area contributed by atoms with Gasteiger partial charge < -0.3 is 14.6 Å². The van der Waals surface area contributed by atoms with Gasteiger partial charge in [0, 0.05) is 31.6 Å². The molecular weight excluding hydrogens is 260 g/mol. The molecular formula is C18H34N2O. The van der Waals surface area contributed by atoms with Crippen molar-refractivity contribution < 1.29 is 4.74 Å². The van der Waals surface area contributed by atoms with Gasteiger partial charge in [0.05, 0.1) is 6.61 Å². The largest absolute Gasteiger partial charge is 0.380 e. The summed E-state index contributed by atoms with van der Waals surface area (Å²) in [6.07, 6.45) is 9.20. The molecule has 0 bridgehead atoms. The van der Waals surface area contributed by atoms with Crippen molar-refractivity contribution in [2.24, 2.45) is 5.92 Å². The molecule has 1 rings (SSSR count). The monoisotopic (exact) mass is 294 g/mol. The first kappa shape index (κ1) is 18.2. The van der Waals surface area contributed by atoms with Gasteiger partial charge in [-0.25, -0.2) is 0 Å². The highest BCUT2D eigenvalue weighted by Crippen LogP contribution is 2.19. The van der Waals surface area contributed by atoms with Crippen LogP contribution in [-0.4, -0.2) is 24.3 Å². The Bertz CT molecular complexity index is 360. The van der Waals surface area contributed by atoms with Crippen molar-refractivity contribution in [1.82, 2.24) is 9.88 Å². The van der Waals surface area contributed by atoms with Crippen molar-refractivity contribution in [3.63, 3.8) is 0 Å².